The van der Waals surface area contributed by atoms with Crippen molar-refractivity contribution in [2.75, 3.05) is 26.2 Å². The molecule has 1 aliphatic heterocycles. The van der Waals surface area contributed by atoms with Crippen LogP contribution in [0.5, 0.6) is 0 Å². The molecule has 0 bridgehead atoms. The fourth-order valence-electron chi connectivity index (χ4n) is 3.55. The van der Waals surface area contributed by atoms with Gasteiger partial charge >= 0.3 is 0 Å². The molecule has 0 spiro atoms. The number of hydrogen-bond donors (Lipinski definition) is 1. The Morgan fingerprint density at radius 3 is 2.69 bits per heavy atom. The Morgan fingerprint density at radius 1 is 1.31 bits per heavy atom. The molecule has 6 heteroatoms. The zero-order chi connectivity index (χ0) is 20.9. The van der Waals surface area contributed by atoms with E-state index in [1.807, 2.05) is 32.0 Å². The quantitative estimate of drug-likeness (QED) is 0.708. The lowest BCUT2D eigenvalue weighted by Crippen LogP contribution is -2.62. The van der Waals surface area contributed by atoms with Crippen LogP contribution < -0.4 is 5.32 Å². The largest absolute Gasteiger partial charge is 0.361 e. The van der Waals surface area contributed by atoms with Gasteiger partial charge in [-0.3, -0.25) is 9.59 Å². The molecule has 2 amide bonds. The third kappa shape index (κ3) is 4.95. The number of nitrogens with one attached hydrogen (secondary N) is 1. The topological polar surface area (TPSA) is 58.6 Å². The highest BCUT2D eigenvalue weighted by Crippen LogP contribution is 2.28. The van der Waals surface area contributed by atoms with Crippen molar-refractivity contribution in [1.82, 2.24) is 10.2 Å². The van der Waals surface area contributed by atoms with E-state index >= 15 is 0 Å². The van der Waals surface area contributed by atoms with E-state index in [1.165, 1.54) is 4.88 Å². The Hall–Kier alpha value is -2.44. The maximum atomic E-state index is 13.1. The van der Waals surface area contributed by atoms with Gasteiger partial charge in [0.25, 0.3) is 5.91 Å². The summed E-state index contributed by atoms with van der Waals surface area (Å²) in [6.45, 7) is 8.87. The van der Waals surface area contributed by atoms with Crippen LogP contribution in [0.1, 0.15) is 19.4 Å². The van der Waals surface area contributed by atoms with E-state index in [4.69, 9.17) is 4.74 Å². The molecule has 2 aromatic rings. The molecule has 1 aliphatic rings. The van der Waals surface area contributed by atoms with Crippen LogP contribution in [0.3, 0.4) is 0 Å². The molecule has 2 heterocycles. The van der Waals surface area contributed by atoms with Gasteiger partial charge in [0.1, 0.15) is 0 Å². The summed E-state index contributed by atoms with van der Waals surface area (Å²) >= 11 is 1.69. The summed E-state index contributed by atoms with van der Waals surface area (Å²) in [6, 6.07) is 12.3. The molecule has 0 aliphatic carbocycles. The molecule has 0 unspecified atom stereocenters. The average molecular weight is 413 g/mol. The first kappa shape index (κ1) is 21.3. The lowest BCUT2D eigenvalue weighted by atomic mass is 9.90. The third-order valence-corrected chi connectivity index (χ3v) is 5.98. The minimum Gasteiger partial charge on any atom is -0.361 e. The molecule has 1 fully saturated rings. The van der Waals surface area contributed by atoms with Gasteiger partial charge in [0.2, 0.25) is 5.91 Å². The Bertz CT molecular complexity index is 846. The van der Waals surface area contributed by atoms with Gasteiger partial charge in [-0.25, -0.2) is 0 Å². The van der Waals surface area contributed by atoms with Crippen LogP contribution >= 0.6 is 11.3 Å². The van der Waals surface area contributed by atoms with E-state index in [-0.39, 0.29) is 24.3 Å². The number of nitrogens with zero attached hydrogens (tertiary/aromatic N) is 1. The molecule has 1 atom stereocenters. The van der Waals surface area contributed by atoms with Gasteiger partial charge < -0.3 is 15.0 Å². The summed E-state index contributed by atoms with van der Waals surface area (Å²) in [6.07, 6.45) is 2.05. The zero-order valence-corrected chi connectivity index (χ0v) is 17.8. The molecule has 1 saturated heterocycles. The van der Waals surface area contributed by atoms with Crippen LogP contribution in [0.4, 0.5) is 0 Å². The first-order valence-corrected chi connectivity index (χ1v) is 10.8. The molecular weight excluding hydrogens is 384 g/mol. The number of benzene rings is 1. The van der Waals surface area contributed by atoms with E-state index < -0.39 is 5.60 Å². The van der Waals surface area contributed by atoms with Gasteiger partial charge in [-0.05, 0) is 22.6 Å². The fourth-order valence-corrected chi connectivity index (χ4v) is 4.28. The maximum Gasteiger partial charge on any atom is 0.254 e. The molecule has 29 heavy (non-hydrogen) atoms. The molecule has 154 valence electrons. The Balaban J connectivity index is 1.84. The molecule has 0 radical (unpaired) electrons. The molecular formula is C23H28N2O3S. The van der Waals surface area contributed by atoms with Crippen LogP contribution in [0.15, 0.2) is 54.4 Å². The minimum atomic E-state index is -1.10. The zero-order valence-electron chi connectivity index (χ0n) is 17.0. The smallest absolute Gasteiger partial charge is 0.254 e. The van der Waals surface area contributed by atoms with Crippen molar-refractivity contribution in [3.63, 3.8) is 0 Å². The van der Waals surface area contributed by atoms with Crippen molar-refractivity contribution in [3.05, 3.63) is 60.0 Å². The van der Waals surface area contributed by atoms with Crippen molar-refractivity contribution < 1.29 is 14.3 Å². The minimum absolute atomic E-state index is 0.0437. The summed E-state index contributed by atoms with van der Waals surface area (Å²) in [5.41, 5.74) is 1.05. The van der Waals surface area contributed by atoms with E-state index in [1.54, 1.807) is 22.3 Å². The van der Waals surface area contributed by atoms with Crippen molar-refractivity contribution >= 4 is 23.2 Å². The lowest BCUT2D eigenvalue weighted by molar-refractivity contribution is -0.167. The number of hydrogen-bond acceptors (Lipinski definition) is 4. The van der Waals surface area contributed by atoms with E-state index in [9.17, 15) is 9.59 Å². The van der Waals surface area contributed by atoms with Gasteiger partial charge in [-0.1, -0.05) is 50.3 Å². The Morgan fingerprint density at radius 2 is 2.07 bits per heavy atom. The Kier molecular flexibility index (Phi) is 6.87. The second kappa shape index (κ2) is 9.37. The maximum absolute atomic E-state index is 13.1. The first-order valence-electron chi connectivity index (χ1n) is 9.90. The number of rotatable bonds is 7. The first-order chi connectivity index (χ1) is 13.9. The Labute approximate surface area is 176 Å². The second-order valence-corrected chi connectivity index (χ2v) is 8.55. The van der Waals surface area contributed by atoms with Crippen LogP contribution in [-0.2, 0) is 20.7 Å². The highest BCUT2D eigenvalue weighted by molar-refractivity contribution is 7.13. The van der Waals surface area contributed by atoms with Gasteiger partial charge in [0.15, 0.2) is 5.60 Å². The summed E-state index contributed by atoms with van der Waals surface area (Å²) in [7, 11) is 0. The standard InChI is InChI=1S/C23H28N2O3S/c1-4-11-24-22(27)23(16-25(12-13-28-23)21(26)17(2)3)15-18-7-9-19(10-8-18)20-6-5-14-29-20/h4-10,14,17H,1,11-13,15-16H2,2-3H3,(H,24,27)/t23-/m0/s1. The van der Waals surface area contributed by atoms with Crippen LogP contribution in [0, 0.1) is 5.92 Å². The van der Waals surface area contributed by atoms with Crippen LogP contribution in [0.25, 0.3) is 10.4 Å². The summed E-state index contributed by atoms with van der Waals surface area (Å²) in [5.74, 6) is -0.282. The summed E-state index contributed by atoms with van der Waals surface area (Å²) in [5, 5.41) is 4.92. The normalized spacial score (nSPS) is 19.2. The number of amides is 2. The number of carbonyl (C=O) groups is 2. The summed E-state index contributed by atoms with van der Waals surface area (Å²) in [4.78, 5) is 28.6. The van der Waals surface area contributed by atoms with Crippen molar-refractivity contribution in [2.45, 2.75) is 25.9 Å². The van der Waals surface area contributed by atoms with Gasteiger partial charge in [-0.2, -0.15) is 0 Å². The second-order valence-electron chi connectivity index (χ2n) is 7.61. The predicted octanol–water partition coefficient (Wildman–Crippen LogP) is 3.51. The van der Waals surface area contributed by atoms with E-state index in [0.717, 1.165) is 11.1 Å². The number of thiophene rings is 1. The van der Waals surface area contributed by atoms with Crippen LogP contribution in [-0.4, -0.2) is 48.6 Å². The summed E-state index contributed by atoms with van der Waals surface area (Å²) < 4.78 is 6.05. The highest BCUT2D eigenvalue weighted by Gasteiger charge is 2.45. The van der Waals surface area contributed by atoms with Crippen molar-refractivity contribution in [2.24, 2.45) is 5.92 Å². The predicted molar refractivity (Wildman–Crippen MR) is 117 cm³/mol. The molecule has 3 rings (SSSR count). The monoisotopic (exact) mass is 412 g/mol. The SMILES string of the molecule is C=CCNC(=O)[C@]1(Cc2ccc(-c3cccs3)cc2)CN(C(=O)C(C)C)CCO1. The number of carbonyl (C=O) groups excluding carboxylic acids is 2. The highest BCUT2D eigenvalue weighted by atomic mass is 32.1. The molecule has 5 nitrogen and oxygen atoms in total. The molecule has 0 saturated carbocycles. The lowest BCUT2D eigenvalue weighted by Gasteiger charge is -2.42. The van der Waals surface area contributed by atoms with Crippen LogP contribution in [0.2, 0.25) is 0 Å². The van der Waals surface area contributed by atoms with E-state index in [0.29, 0.717) is 26.1 Å². The number of ether oxygens (including phenoxy) is 1. The van der Waals surface area contributed by atoms with Crippen molar-refractivity contribution in [1.29, 1.82) is 0 Å². The molecule has 1 N–H and O–H groups in total. The average Bonchev–Trinajstić information content (AvgIpc) is 3.27. The van der Waals surface area contributed by atoms with Crippen molar-refractivity contribution in [3.8, 4) is 10.4 Å². The van der Waals surface area contributed by atoms with Gasteiger partial charge in [0, 0.05) is 30.3 Å². The van der Waals surface area contributed by atoms with Gasteiger partial charge in [-0.15, -0.1) is 17.9 Å². The molecule has 1 aromatic carbocycles. The molecule has 1 aromatic heterocycles. The number of morpholine rings is 1. The van der Waals surface area contributed by atoms with Gasteiger partial charge in [0.05, 0.1) is 13.2 Å². The fraction of sp³-hybridized carbons (Fsp3) is 0.391. The van der Waals surface area contributed by atoms with E-state index in [2.05, 4.69) is 35.5 Å². The third-order valence-electron chi connectivity index (χ3n) is 5.06.